The molecule has 0 bridgehead atoms. The van der Waals surface area contributed by atoms with Crippen molar-refractivity contribution in [3.05, 3.63) is 41.6 Å². The number of hydrogen-bond acceptors (Lipinski definition) is 5. The van der Waals surface area contributed by atoms with Crippen LogP contribution >= 0.6 is 0 Å². The van der Waals surface area contributed by atoms with Crippen molar-refractivity contribution in [3.63, 3.8) is 0 Å². The first kappa shape index (κ1) is 18.4. The second-order valence-electron chi connectivity index (χ2n) is 7.94. The van der Waals surface area contributed by atoms with Gasteiger partial charge in [0.25, 0.3) is 0 Å². The average Bonchev–Trinajstić information content (AvgIpc) is 3.18. The molecule has 6 heteroatoms. The number of hydrogen-bond donors (Lipinski definition) is 2. The molecule has 4 heterocycles. The van der Waals surface area contributed by atoms with E-state index in [9.17, 15) is 5.11 Å². The Morgan fingerprint density at radius 3 is 2.81 bits per heavy atom. The van der Waals surface area contributed by atoms with E-state index in [1.165, 1.54) is 24.2 Å². The third-order valence-electron chi connectivity index (χ3n) is 6.28. The molecule has 0 radical (unpaired) electrons. The van der Waals surface area contributed by atoms with E-state index in [0.29, 0.717) is 0 Å². The Labute approximate surface area is 161 Å². The number of imidazole rings is 1. The Hall–Kier alpha value is -1.92. The molecule has 1 saturated heterocycles. The Bertz CT molecular complexity index is 763. The minimum absolute atomic E-state index is 0.0567. The van der Waals surface area contributed by atoms with Crippen molar-refractivity contribution in [2.24, 2.45) is 0 Å². The van der Waals surface area contributed by atoms with Gasteiger partial charge in [-0.05, 0) is 44.9 Å². The summed E-state index contributed by atoms with van der Waals surface area (Å²) >= 11 is 0. The molecule has 1 spiro atoms. The zero-order valence-corrected chi connectivity index (χ0v) is 16.5. The number of fused-ring (bicyclic) bond motifs is 2. The van der Waals surface area contributed by atoms with Crippen LogP contribution in [0.4, 0.5) is 5.82 Å². The number of rotatable bonds is 5. The zero-order chi connectivity index (χ0) is 18.9. The lowest BCUT2D eigenvalue weighted by Crippen LogP contribution is -2.56. The molecule has 2 aliphatic rings. The minimum Gasteiger partial charge on any atom is -0.387 e. The number of aromatic amines is 1. The lowest BCUT2D eigenvalue weighted by atomic mass is 9.78. The number of H-pyrrole nitrogens is 1. The lowest BCUT2D eigenvalue weighted by molar-refractivity contribution is 0.0430. The van der Waals surface area contributed by atoms with Gasteiger partial charge in [0.05, 0.1) is 29.4 Å². The fraction of sp³-hybridized carbons (Fsp3) is 0.619. The van der Waals surface area contributed by atoms with Gasteiger partial charge in [0.15, 0.2) is 0 Å². The van der Waals surface area contributed by atoms with Gasteiger partial charge < -0.3 is 15.0 Å². The van der Waals surface area contributed by atoms with Gasteiger partial charge >= 0.3 is 0 Å². The molecule has 6 nitrogen and oxygen atoms in total. The van der Waals surface area contributed by atoms with E-state index in [0.717, 1.165) is 57.0 Å². The number of nitrogens with zero attached hydrogens (tertiary/aromatic N) is 4. The van der Waals surface area contributed by atoms with Crippen LogP contribution in [-0.2, 0) is 12.0 Å². The third kappa shape index (κ3) is 3.36. The molecule has 2 N–H and O–H groups in total. The average molecular weight is 370 g/mol. The number of unbranched alkanes of at least 4 members (excludes halogenated alkanes) is 1. The van der Waals surface area contributed by atoms with E-state index in [4.69, 9.17) is 4.98 Å². The molecule has 0 aromatic carbocycles. The molecule has 4 rings (SSSR count). The Balaban J connectivity index is 1.56. The smallest absolute Gasteiger partial charge is 0.128 e. The number of aliphatic hydroxyl groups excluding tert-OH is 1. The van der Waals surface area contributed by atoms with Gasteiger partial charge in [-0.2, -0.15) is 0 Å². The highest BCUT2D eigenvalue weighted by molar-refractivity contribution is 5.41. The van der Waals surface area contributed by atoms with Crippen molar-refractivity contribution in [1.82, 2.24) is 19.9 Å². The van der Waals surface area contributed by atoms with E-state index in [1.807, 2.05) is 18.5 Å². The fourth-order valence-corrected chi connectivity index (χ4v) is 4.71. The number of anilines is 1. The first-order valence-electron chi connectivity index (χ1n) is 10.3. The molecular weight excluding hydrogens is 338 g/mol. The molecule has 0 amide bonds. The molecule has 0 saturated carbocycles. The van der Waals surface area contributed by atoms with Crippen LogP contribution in [0, 0.1) is 0 Å². The normalized spacial score (nSPS) is 20.6. The van der Waals surface area contributed by atoms with Gasteiger partial charge in [0.1, 0.15) is 5.82 Å². The number of nitrogens with one attached hydrogen (secondary N) is 1. The fourth-order valence-electron chi connectivity index (χ4n) is 4.71. The first-order valence-corrected chi connectivity index (χ1v) is 10.3. The lowest BCUT2D eigenvalue weighted by Gasteiger charge is -2.51. The van der Waals surface area contributed by atoms with Crippen molar-refractivity contribution in [3.8, 4) is 0 Å². The summed E-state index contributed by atoms with van der Waals surface area (Å²) in [4.78, 5) is 17.9. The summed E-state index contributed by atoms with van der Waals surface area (Å²) in [6, 6.07) is 5.94. The number of aromatic nitrogens is 3. The highest BCUT2D eigenvalue weighted by Gasteiger charge is 2.46. The summed E-state index contributed by atoms with van der Waals surface area (Å²) < 4.78 is 0. The van der Waals surface area contributed by atoms with Crippen molar-refractivity contribution < 1.29 is 5.11 Å². The number of aliphatic hydroxyl groups is 1. The number of piperidine rings is 1. The summed E-state index contributed by atoms with van der Waals surface area (Å²) in [5.41, 5.74) is 3.39. The van der Waals surface area contributed by atoms with Crippen LogP contribution in [0.15, 0.2) is 24.5 Å². The van der Waals surface area contributed by atoms with Crippen LogP contribution in [0.2, 0.25) is 0 Å². The molecule has 1 fully saturated rings. The number of pyridine rings is 1. The van der Waals surface area contributed by atoms with Gasteiger partial charge in [0, 0.05) is 31.7 Å². The monoisotopic (exact) mass is 369 g/mol. The topological polar surface area (TPSA) is 68.3 Å². The Morgan fingerprint density at radius 1 is 1.26 bits per heavy atom. The van der Waals surface area contributed by atoms with E-state index in [2.05, 4.69) is 32.8 Å². The highest BCUT2D eigenvalue weighted by atomic mass is 16.3. The van der Waals surface area contributed by atoms with Gasteiger partial charge in [-0.15, -0.1) is 0 Å². The first-order chi connectivity index (χ1) is 13.1. The standard InChI is InChI=1S/C21H31N5O/c1-3-4-11-26-12-8-18-20(23-15-22-18)21(26)9-13-25(14-10-21)19-7-5-6-17(24-19)16(2)27/h5-7,15-16,27H,3-4,8-14H2,1-2H3,(H,22,23)/t16-/m1/s1. The molecule has 2 aromatic rings. The summed E-state index contributed by atoms with van der Waals surface area (Å²) in [6.07, 6.45) is 7.00. The van der Waals surface area contributed by atoms with Crippen molar-refractivity contribution >= 4 is 5.82 Å². The van der Waals surface area contributed by atoms with Gasteiger partial charge in [-0.25, -0.2) is 9.97 Å². The maximum absolute atomic E-state index is 9.85. The largest absolute Gasteiger partial charge is 0.387 e. The predicted octanol–water partition coefficient (Wildman–Crippen LogP) is 3.01. The molecule has 2 aromatic heterocycles. The van der Waals surface area contributed by atoms with Gasteiger partial charge in [-0.1, -0.05) is 19.4 Å². The van der Waals surface area contributed by atoms with E-state index in [-0.39, 0.29) is 5.54 Å². The van der Waals surface area contributed by atoms with E-state index < -0.39 is 6.10 Å². The maximum atomic E-state index is 9.85. The quantitative estimate of drug-likeness (QED) is 0.848. The van der Waals surface area contributed by atoms with Crippen molar-refractivity contribution in [2.45, 2.75) is 57.6 Å². The highest BCUT2D eigenvalue weighted by Crippen LogP contribution is 2.42. The summed E-state index contributed by atoms with van der Waals surface area (Å²) in [7, 11) is 0. The predicted molar refractivity (Wildman–Crippen MR) is 107 cm³/mol. The summed E-state index contributed by atoms with van der Waals surface area (Å²) in [5.74, 6) is 0.974. The molecule has 1 atom stereocenters. The molecule has 27 heavy (non-hydrogen) atoms. The van der Waals surface area contributed by atoms with Crippen LogP contribution in [0.3, 0.4) is 0 Å². The van der Waals surface area contributed by atoms with Gasteiger partial charge in [0.2, 0.25) is 0 Å². The molecule has 2 aliphatic heterocycles. The van der Waals surface area contributed by atoms with E-state index >= 15 is 0 Å². The van der Waals surface area contributed by atoms with E-state index in [1.54, 1.807) is 6.92 Å². The summed E-state index contributed by atoms with van der Waals surface area (Å²) in [5, 5.41) is 9.85. The third-order valence-corrected chi connectivity index (χ3v) is 6.28. The van der Waals surface area contributed by atoms with Crippen molar-refractivity contribution in [1.29, 1.82) is 0 Å². The van der Waals surface area contributed by atoms with Crippen LogP contribution in [0.5, 0.6) is 0 Å². The molecule has 146 valence electrons. The summed E-state index contributed by atoms with van der Waals surface area (Å²) in [6.45, 7) is 8.23. The van der Waals surface area contributed by atoms with Crippen LogP contribution < -0.4 is 4.90 Å². The van der Waals surface area contributed by atoms with Crippen LogP contribution in [0.1, 0.15) is 62.7 Å². The molecule has 0 aliphatic carbocycles. The molecule has 0 unspecified atom stereocenters. The minimum atomic E-state index is -0.532. The van der Waals surface area contributed by atoms with Crippen LogP contribution in [0.25, 0.3) is 0 Å². The molecular formula is C21H31N5O. The zero-order valence-electron chi connectivity index (χ0n) is 16.5. The second-order valence-corrected chi connectivity index (χ2v) is 7.94. The SMILES string of the molecule is CCCCN1CCc2[nH]cnc2C12CCN(c1cccc([C@@H](C)O)n1)CC2. The Morgan fingerprint density at radius 2 is 2.07 bits per heavy atom. The second kappa shape index (κ2) is 7.60. The van der Waals surface area contributed by atoms with Gasteiger partial charge in [-0.3, -0.25) is 4.90 Å². The van der Waals surface area contributed by atoms with Crippen molar-refractivity contribution in [2.75, 3.05) is 31.1 Å². The van der Waals surface area contributed by atoms with Crippen LogP contribution in [-0.4, -0.2) is 51.1 Å². The maximum Gasteiger partial charge on any atom is 0.128 e. The Kier molecular flexibility index (Phi) is 5.19.